The highest BCUT2D eigenvalue weighted by atomic mass is 35.5. The van der Waals surface area contributed by atoms with Gasteiger partial charge in [-0.25, -0.2) is 4.79 Å². The van der Waals surface area contributed by atoms with Gasteiger partial charge in [-0.3, -0.25) is 0 Å². The molecule has 0 unspecified atom stereocenters. The van der Waals surface area contributed by atoms with Crippen LogP contribution >= 0.6 is 11.6 Å². The van der Waals surface area contributed by atoms with Gasteiger partial charge in [0.25, 0.3) is 0 Å². The van der Waals surface area contributed by atoms with Gasteiger partial charge in [0.05, 0.1) is 12.7 Å². The summed E-state index contributed by atoms with van der Waals surface area (Å²) in [6.07, 6.45) is 3.64. The molecule has 0 aliphatic carbocycles. The van der Waals surface area contributed by atoms with Crippen molar-refractivity contribution in [1.82, 2.24) is 0 Å². The average Bonchev–Trinajstić information content (AvgIpc) is 2.97. The summed E-state index contributed by atoms with van der Waals surface area (Å²) in [7, 11) is 1.67. The lowest BCUT2D eigenvalue weighted by Crippen LogP contribution is -1.99. The number of carbonyl (C=O) groups excluding carboxylic acids is 1. The quantitative estimate of drug-likeness (QED) is 0.508. The first-order valence-corrected chi connectivity index (χ1v) is 8.87. The van der Waals surface area contributed by atoms with E-state index in [0.29, 0.717) is 22.3 Å². The molecule has 0 amide bonds. The second-order valence-electron chi connectivity index (χ2n) is 6.61. The average molecular weight is 369 g/mol. The molecule has 0 radical (unpaired) electrons. The molecule has 0 saturated heterocycles. The Bertz CT molecular complexity index is 906. The molecule has 3 rings (SSSR count). The number of ether oxygens (including phenoxy) is 2. The highest BCUT2D eigenvalue weighted by Gasteiger charge is 2.22. The van der Waals surface area contributed by atoms with Gasteiger partial charge >= 0.3 is 5.97 Å². The van der Waals surface area contributed by atoms with E-state index in [9.17, 15) is 4.79 Å². The molecule has 3 nitrogen and oxygen atoms in total. The van der Waals surface area contributed by atoms with Gasteiger partial charge in [0.2, 0.25) is 0 Å². The van der Waals surface area contributed by atoms with Crippen molar-refractivity contribution in [1.29, 1.82) is 0 Å². The topological polar surface area (TPSA) is 35.5 Å². The molecule has 0 fully saturated rings. The van der Waals surface area contributed by atoms with Crippen molar-refractivity contribution < 1.29 is 14.3 Å². The molecule has 26 heavy (non-hydrogen) atoms. The van der Waals surface area contributed by atoms with Crippen LogP contribution in [0.5, 0.6) is 5.75 Å². The van der Waals surface area contributed by atoms with Gasteiger partial charge in [0.15, 0.2) is 0 Å². The van der Waals surface area contributed by atoms with Crippen LogP contribution in [0, 0.1) is 6.92 Å². The number of benzene rings is 2. The normalized spacial score (nSPS) is 15.4. The van der Waals surface area contributed by atoms with E-state index >= 15 is 0 Å². The summed E-state index contributed by atoms with van der Waals surface area (Å²) in [6, 6.07) is 11.3. The third-order valence-corrected chi connectivity index (χ3v) is 4.66. The molecule has 0 atom stereocenters. The number of hydrogen-bond acceptors (Lipinski definition) is 3. The van der Waals surface area contributed by atoms with Crippen LogP contribution in [0.1, 0.15) is 42.0 Å². The van der Waals surface area contributed by atoms with E-state index in [0.717, 1.165) is 28.0 Å². The van der Waals surface area contributed by atoms with Crippen LogP contribution in [0.15, 0.2) is 48.0 Å². The summed E-state index contributed by atoms with van der Waals surface area (Å²) in [5, 5.41) is 0.643. The van der Waals surface area contributed by atoms with Crippen molar-refractivity contribution in [2.24, 2.45) is 0 Å². The van der Waals surface area contributed by atoms with Crippen LogP contribution in [0.25, 0.3) is 11.8 Å². The molecule has 0 spiro atoms. The van der Waals surface area contributed by atoms with Crippen molar-refractivity contribution in [2.45, 2.75) is 26.7 Å². The van der Waals surface area contributed by atoms with Crippen LogP contribution in [-0.2, 0) is 9.53 Å². The molecule has 2 aromatic rings. The fraction of sp³-hybridized carbons (Fsp3) is 0.227. The first-order chi connectivity index (χ1) is 12.4. The van der Waals surface area contributed by atoms with Crippen LogP contribution in [0.2, 0.25) is 5.02 Å². The zero-order valence-corrected chi connectivity index (χ0v) is 16.1. The number of esters is 1. The van der Waals surface area contributed by atoms with E-state index in [-0.39, 0.29) is 5.97 Å². The monoisotopic (exact) mass is 368 g/mol. The van der Waals surface area contributed by atoms with Gasteiger partial charge < -0.3 is 9.47 Å². The van der Waals surface area contributed by atoms with Gasteiger partial charge in [0.1, 0.15) is 11.5 Å². The molecule has 4 heteroatoms. The maximum Gasteiger partial charge on any atom is 0.343 e. The van der Waals surface area contributed by atoms with Gasteiger partial charge in [0, 0.05) is 10.6 Å². The number of aryl methyl sites for hydroxylation is 1. The molecule has 2 aromatic carbocycles. The summed E-state index contributed by atoms with van der Waals surface area (Å²) in [6.45, 7) is 6.24. The predicted octanol–water partition coefficient (Wildman–Crippen LogP) is 5.76. The number of methoxy groups -OCH3 is 1. The Kier molecular flexibility index (Phi) is 5.19. The van der Waals surface area contributed by atoms with Gasteiger partial charge in [-0.1, -0.05) is 25.4 Å². The lowest BCUT2D eigenvalue weighted by Gasteiger charge is -2.14. The molecule has 0 aromatic heterocycles. The Balaban J connectivity index is 2.00. The first kappa shape index (κ1) is 18.3. The summed E-state index contributed by atoms with van der Waals surface area (Å²) in [5.74, 6) is 1.37. The van der Waals surface area contributed by atoms with Crippen LogP contribution < -0.4 is 4.74 Å². The maximum absolute atomic E-state index is 12.3. The largest absolute Gasteiger partial charge is 0.496 e. The van der Waals surface area contributed by atoms with E-state index in [1.54, 1.807) is 25.3 Å². The van der Waals surface area contributed by atoms with E-state index < -0.39 is 0 Å². The van der Waals surface area contributed by atoms with E-state index in [1.807, 2.05) is 31.2 Å². The molecule has 134 valence electrons. The number of hydrogen-bond donors (Lipinski definition) is 0. The Hall–Kier alpha value is -2.52. The van der Waals surface area contributed by atoms with E-state index in [2.05, 4.69) is 19.9 Å². The minimum Gasteiger partial charge on any atom is -0.496 e. The van der Waals surface area contributed by atoms with Gasteiger partial charge in [-0.05, 0) is 78.1 Å². The number of carbonyl (C=O) groups is 1. The summed E-state index contributed by atoms with van der Waals surface area (Å²) in [5.41, 5.74) is 4.48. The molecule has 0 saturated carbocycles. The first-order valence-electron chi connectivity index (χ1n) is 8.49. The second kappa shape index (κ2) is 7.38. The van der Waals surface area contributed by atoms with E-state index in [1.165, 1.54) is 0 Å². The Morgan fingerprint density at radius 1 is 1.15 bits per heavy atom. The Morgan fingerprint density at radius 3 is 2.46 bits per heavy atom. The lowest BCUT2D eigenvalue weighted by molar-refractivity contribution is -0.130. The van der Waals surface area contributed by atoms with Crippen molar-refractivity contribution in [3.05, 3.63) is 75.3 Å². The minimum atomic E-state index is -0.351. The highest BCUT2D eigenvalue weighted by Crippen LogP contribution is 2.33. The molecule has 0 bridgehead atoms. The number of cyclic esters (lactones) is 1. The highest BCUT2D eigenvalue weighted by molar-refractivity contribution is 6.30. The lowest BCUT2D eigenvalue weighted by atomic mass is 9.95. The summed E-state index contributed by atoms with van der Waals surface area (Å²) < 4.78 is 10.9. The third-order valence-electron chi connectivity index (χ3n) is 4.41. The summed E-state index contributed by atoms with van der Waals surface area (Å²) >= 11 is 5.92. The predicted molar refractivity (Wildman–Crippen MR) is 105 cm³/mol. The van der Waals surface area contributed by atoms with Gasteiger partial charge in [-0.15, -0.1) is 0 Å². The van der Waals surface area contributed by atoms with Crippen molar-refractivity contribution >= 4 is 29.4 Å². The molecule has 1 aliphatic rings. The molecule has 0 N–H and O–H groups in total. The number of halogens is 1. The Labute approximate surface area is 158 Å². The number of rotatable bonds is 4. The van der Waals surface area contributed by atoms with Crippen LogP contribution in [-0.4, -0.2) is 13.1 Å². The van der Waals surface area contributed by atoms with Gasteiger partial charge in [-0.2, -0.15) is 0 Å². The van der Waals surface area contributed by atoms with Crippen LogP contribution in [0.4, 0.5) is 0 Å². The molecular weight excluding hydrogens is 348 g/mol. The van der Waals surface area contributed by atoms with Crippen molar-refractivity contribution in [3.8, 4) is 5.75 Å². The zero-order chi connectivity index (χ0) is 18.8. The third kappa shape index (κ3) is 3.68. The smallest absolute Gasteiger partial charge is 0.343 e. The maximum atomic E-state index is 12.3. The fourth-order valence-electron chi connectivity index (χ4n) is 2.91. The molecular formula is C22H21ClO3. The summed E-state index contributed by atoms with van der Waals surface area (Å²) in [4.78, 5) is 12.3. The van der Waals surface area contributed by atoms with Crippen LogP contribution in [0.3, 0.4) is 0 Å². The van der Waals surface area contributed by atoms with E-state index in [4.69, 9.17) is 21.1 Å². The second-order valence-corrected chi connectivity index (χ2v) is 7.05. The van der Waals surface area contributed by atoms with Crippen molar-refractivity contribution in [3.63, 3.8) is 0 Å². The minimum absolute atomic E-state index is 0.318. The molecule has 1 aliphatic heterocycles. The zero-order valence-electron chi connectivity index (χ0n) is 15.3. The standard InChI is InChI=1S/C22H21ClO3/c1-13(2)19-11-16(14(3)9-21(19)25-4)10-17-12-20(26-22(17)24)15-5-7-18(23)8-6-15/h5-13H,1-4H3/b17-10+. The SMILES string of the molecule is COc1cc(C)c(/C=C2\C=C(c3ccc(Cl)cc3)OC2=O)cc1C(C)C. The Morgan fingerprint density at radius 2 is 1.85 bits per heavy atom. The van der Waals surface area contributed by atoms with Crippen molar-refractivity contribution in [2.75, 3.05) is 7.11 Å². The molecule has 1 heterocycles. The fourth-order valence-corrected chi connectivity index (χ4v) is 3.04.